The van der Waals surface area contributed by atoms with Crippen LogP contribution in [0.3, 0.4) is 0 Å². The Bertz CT molecular complexity index is 243. The van der Waals surface area contributed by atoms with E-state index in [1.165, 1.54) is 6.42 Å². The van der Waals surface area contributed by atoms with Gasteiger partial charge in [-0.3, -0.25) is 0 Å². The summed E-state index contributed by atoms with van der Waals surface area (Å²) in [6, 6.07) is 0. The molecule has 1 saturated heterocycles. The predicted octanol–water partition coefficient (Wildman–Crippen LogP) is 1.18. The molecule has 1 heterocycles. The van der Waals surface area contributed by atoms with Crippen LogP contribution in [0.4, 0.5) is 0 Å². The minimum Gasteiger partial charge on any atom is -0.390 e. The molecule has 2 nitrogen and oxygen atoms in total. The van der Waals surface area contributed by atoms with Crippen LogP contribution in [0.15, 0.2) is 0 Å². The lowest BCUT2D eigenvalue weighted by Gasteiger charge is -2.59. The first-order chi connectivity index (χ1) is 5.48. The fraction of sp³-hybridized carbons (Fsp3) is 1.00. The first-order valence-corrected chi connectivity index (χ1v) is 4.84. The number of aliphatic hydroxyl groups is 1. The topological polar surface area (TPSA) is 32.8 Å². The summed E-state index contributed by atoms with van der Waals surface area (Å²) in [4.78, 5) is 0. The zero-order valence-corrected chi connectivity index (χ0v) is 7.87. The number of hydrogen-bond donors (Lipinski definition) is 1. The minimum absolute atomic E-state index is 0.0255. The van der Waals surface area contributed by atoms with E-state index in [0.29, 0.717) is 17.3 Å². The van der Waals surface area contributed by atoms with Crippen LogP contribution in [-0.4, -0.2) is 22.9 Å². The number of ether oxygens (including phenoxy) is 1. The van der Waals surface area contributed by atoms with Crippen LogP contribution in [-0.2, 0) is 4.74 Å². The molecule has 2 heteroatoms. The lowest BCUT2D eigenvalue weighted by Crippen LogP contribution is -2.62. The van der Waals surface area contributed by atoms with Gasteiger partial charge in [-0.15, -0.1) is 0 Å². The standard InChI is InChI=1S/C10H16O2/c1-9(2)5-4-6(9)10(3)8(12-10)7(5)11/h5-8,11H,4H2,1-3H3/t5-,6-,7-,8+,10-/m0/s1. The molecule has 3 aliphatic carbocycles. The first kappa shape index (κ1) is 7.34. The van der Waals surface area contributed by atoms with Gasteiger partial charge < -0.3 is 9.84 Å². The highest BCUT2D eigenvalue weighted by Gasteiger charge is 2.76. The van der Waals surface area contributed by atoms with E-state index in [-0.39, 0.29) is 17.8 Å². The molecule has 0 aromatic heterocycles. The van der Waals surface area contributed by atoms with Crippen LogP contribution in [0, 0.1) is 17.3 Å². The van der Waals surface area contributed by atoms with Gasteiger partial charge >= 0.3 is 0 Å². The van der Waals surface area contributed by atoms with Gasteiger partial charge in [0.1, 0.15) is 6.10 Å². The third kappa shape index (κ3) is 0.521. The summed E-state index contributed by atoms with van der Waals surface area (Å²) < 4.78 is 5.62. The molecule has 4 rings (SSSR count). The molecule has 1 aliphatic heterocycles. The van der Waals surface area contributed by atoms with Crippen LogP contribution in [0.25, 0.3) is 0 Å². The lowest BCUT2D eigenvalue weighted by molar-refractivity contribution is -0.139. The number of epoxide rings is 1. The van der Waals surface area contributed by atoms with Crippen LogP contribution in [0.2, 0.25) is 0 Å². The Balaban J connectivity index is 2.01. The monoisotopic (exact) mass is 168 g/mol. The van der Waals surface area contributed by atoms with Crippen LogP contribution in [0.5, 0.6) is 0 Å². The van der Waals surface area contributed by atoms with Crippen LogP contribution in [0.1, 0.15) is 27.2 Å². The van der Waals surface area contributed by atoms with E-state index >= 15 is 0 Å². The highest BCUT2D eigenvalue weighted by atomic mass is 16.6. The summed E-state index contributed by atoms with van der Waals surface area (Å²) in [7, 11) is 0. The molecule has 5 atom stereocenters. The Morgan fingerprint density at radius 2 is 2.00 bits per heavy atom. The average Bonchev–Trinajstić information content (AvgIpc) is 2.61. The van der Waals surface area contributed by atoms with Crippen molar-refractivity contribution in [2.45, 2.75) is 45.0 Å². The van der Waals surface area contributed by atoms with Gasteiger partial charge in [-0.25, -0.2) is 0 Å². The summed E-state index contributed by atoms with van der Waals surface area (Å²) in [6.45, 7) is 6.68. The molecule has 0 spiro atoms. The predicted molar refractivity (Wildman–Crippen MR) is 44.7 cm³/mol. The minimum atomic E-state index is -0.199. The number of aliphatic hydroxyl groups excluding tert-OH is 1. The molecule has 0 radical (unpaired) electrons. The van der Waals surface area contributed by atoms with Crippen molar-refractivity contribution in [2.24, 2.45) is 17.3 Å². The second-order valence-corrected chi connectivity index (χ2v) is 5.43. The number of rotatable bonds is 0. The fourth-order valence-electron chi connectivity index (χ4n) is 3.65. The van der Waals surface area contributed by atoms with Gasteiger partial charge in [-0.1, -0.05) is 13.8 Å². The van der Waals surface area contributed by atoms with E-state index in [4.69, 9.17) is 4.74 Å². The second kappa shape index (κ2) is 1.60. The molecular formula is C10H16O2. The van der Waals surface area contributed by atoms with E-state index in [1.54, 1.807) is 0 Å². The highest BCUT2D eigenvalue weighted by molar-refractivity contribution is 5.24. The molecule has 12 heavy (non-hydrogen) atoms. The van der Waals surface area contributed by atoms with E-state index < -0.39 is 0 Å². The summed E-state index contributed by atoms with van der Waals surface area (Å²) in [5.41, 5.74) is 0.332. The van der Waals surface area contributed by atoms with E-state index in [1.807, 2.05) is 0 Å². The second-order valence-electron chi connectivity index (χ2n) is 5.43. The van der Waals surface area contributed by atoms with Gasteiger partial charge in [0.2, 0.25) is 0 Å². The molecule has 68 valence electrons. The SMILES string of the molecule is CC1(C)[C@H]2C[C@@H]1[C@]1(C)O[C@@H]1[C@H]2O. The van der Waals surface area contributed by atoms with Crippen molar-refractivity contribution in [3.05, 3.63) is 0 Å². The molecule has 0 amide bonds. The van der Waals surface area contributed by atoms with Gasteiger partial charge in [-0.2, -0.15) is 0 Å². The van der Waals surface area contributed by atoms with Crippen molar-refractivity contribution in [1.82, 2.24) is 0 Å². The molecule has 0 aromatic rings. The smallest absolute Gasteiger partial charge is 0.113 e. The van der Waals surface area contributed by atoms with Gasteiger partial charge in [0, 0.05) is 0 Å². The van der Waals surface area contributed by atoms with Gasteiger partial charge in [0.05, 0.1) is 11.7 Å². The Morgan fingerprint density at radius 1 is 1.33 bits per heavy atom. The Labute approximate surface area is 72.9 Å². The summed E-state index contributed by atoms with van der Waals surface area (Å²) in [5, 5.41) is 9.90. The largest absolute Gasteiger partial charge is 0.390 e. The maximum Gasteiger partial charge on any atom is 0.113 e. The molecule has 0 unspecified atom stereocenters. The van der Waals surface area contributed by atoms with Gasteiger partial charge in [0.15, 0.2) is 0 Å². The van der Waals surface area contributed by atoms with Crippen molar-refractivity contribution in [3.63, 3.8) is 0 Å². The molecule has 1 N–H and O–H groups in total. The zero-order chi connectivity index (χ0) is 8.72. The maximum absolute atomic E-state index is 9.90. The van der Waals surface area contributed by atoms with Crippen molar-refractivity contribution in [3.8, 4) is 0 Å². The number of hydrogen-bond acceptors (Lipinski definition) is 2. The van der Waals surface area contributed by atoms with Crippen LogP contribution < -0.4 is 0 Å². The average molecular weight is 168 g/mol. The Morgan fingerprint density at radius 3 is 2.50 bits per heavy atom. The fourth-order valence-corrected chi connectivity index (χ4v) is 3.65. The third-order valence-electron chi connectivity index (χ3n) is 4.65. The Hall–Kier alpha value is -0.0800. The maximum atomic E-state index is 9.90. The highest BCUT2D eigenvalue weighted by Crippen LogP contribution is 2.70. The van der Waals surface area contributed by atoms with Crippen LogP contribution >= 0.6 is 0 Å². The summed E-state index contributed by atoms with van der Waals surface area (Å²) in [6.07, 6.45) is 1.13. The summed E-state index contributed by atoms with van der Waals surface area (Å²) in [5.74, 6) is 1.17. The Kier molecular flexibility index (Phi) is 0.978. The van der Waals surface area contributed by atoms with Gasteiger partial charge in [0.25, 0.3) is 0 Å². The summed E-state index contributed by atoms with van der Waals surface area (Å²) >= 11 is 0. The third-order valence-corrected chi connectivity index (χ3v) is 4.65. The molecule has 4 fully saturated rings. The molecule has 4 aliphatic rings. The molecular weight excluding hydrogens is 152 g/mol. The van der Waals surface area contributed by atoms with Gasteiger partial charge in [-0.05, 0) is 30.6 Å². The van der Waals surface area contributed by atoms with Crippen molar-refractivity contribution < 1.29 is 9.84 Å². The first-order valence-electron chi connectivity index (χ1n) is 4.84. The van der Waals surface area contributed by atoms with Crippen molar-refractivity contribution in [1.29, 1.82) is 0 Å². The van der Waals surface area contributed by atoms with E-state index in [0.717, 1.165) is 0 Å². The molecule has 3 saturated carbocycles. The van der Waals surface area contributed by atoms with E-state index in [9.17, 15) is 5.11 Å². The molecule has 0 aromatic carbocycles. The zero-order valence-electron chi connectivity index (χ0n) is 7.87. The van der Waals surface area contributed by atoms with Crippen molar-refractivity contribution >= 4 is 0 Å². The normalized spacial score (nSPS) is 65.0. The quantitative estimate of drug-likeness (QED) is 0.551. The molecule has 2 bridgehead atoms. The van der Waals surface area contributed by atoms with E-state index in [2.05, 4.69) is 20.8 Å². The van der Waals surface area contributed by atoms with Crippen molar-refractivity contribution in [2.75, 3.05) is 0 Å². The lowest BCUT2D eigenvalue weighted by atomic mass is 9.45.